The molecule has 0 aromatic rings. The standard InChI is InChI=1S/C11H20N2O4S2/c1-18(14,15)10-19(16,17)13-11(9-12)7-5-3-2-4-6-8-11/h13H,2-8,10H2,1H3. The smallest absolute Gasteiger partial charge is 0.227 e. The molecule has 0 aromatic heterocycles. The van der Waals surface area contributed by atoms with Gasteiger partial charge in [0.2, 0.25) is 10.0 Å². The van der Waals surface area contributed by atoms with E-state index in [1.807, 2.05) is 6.07 Å². The first-order chi connectivity index (χ1) is 8.68. The van der Waals surface area contributed by atoms with Gasteiger partial charge in [0.1, 0.15) is 5.54 Å². The summed E-state index contributed by atoms with van der Waals surface area (Å²) in [6.45, 7) is 0. The summed E-state index contributed by atoms with van der Waals surface area (Å²) in [6.07, 6.45) is 6.32. The molecular weight excluding hydrogens is 288 g/mol. The molecule has 19 heavy (non-hydrogen) atoms. The fourth-order valence-corrected chi connectivity index (χ4v) is 5.69. The molecule has 0 saturated heterocycles. The second kappa shape index (κ2) is 6.20. The summed E-state index contributed by atoms with van der Waals surface area (Å²) in [5.41, 5.74) is -1.15. The predicted octanol–water partition coefficient (Wildman–Crippen LogP) is 0.915. The average Bonchev–Trinajstić information content (AvgIpc) is 2.18. The lowest BCUT2D eigenvalue weighted by atomic mass is 9.86. The molecule has 110 valence electrons. The van der Waals surface area contributed by atoms with Crippen molar-refractivity contribution < 1.29 is 16.8 Å². The summed E-state index contributed by atoms with van der Waals surface area (Å²) in [4.78, 5) is 0. The van der Waals surface area contributed by atoms with Crippen molar-refractivity contribution in [2.75, 3.05) is 11.3 Å². The highest BCUT2D eigenvalue weighted by molar-refractivity contribution is 8.06. The van der Waals surface area contributed by atoms with E-state index in [1.54, 1.807) is 0 Å². The van der Waals surface area contributed by atoms with E-state index in [-0.39, 0.29) is 0 Å². The quantitative estimate of drug-likeness (QED) is 0.831. The number of sulfonamides is 1. The minimum absolute atomic E-state index is 0.437. The SMILES string of the molecule is CS(=O)(=O)CS(=O)(=O)NC1(C#N)CCCCCCC1. The Balaban J connectivity index is 2.88. The number of hydrogen-bond donors (Lipinski definition) is 1. The molecule has 0 radical (unpaired) electrons. The molecule has 0 heterocycles. The largest absolute Gasteiger partial charge is 0.228 e. The van der Waals surface area contributed by atoms with Gasteiger partial charge >= 0.3 is 0 Å². The Bertz CT molecular complexity index is 538. The van der Waals surface area contributed by atoms with E-state index in [0.29, 0.717) is 12.8 Å². The normalized spacial score (nSPS) is 21.1. The zero-order valence-corrected chi connectivity index (χ0v) is 12.7. The van der Waals surface area contributed by atoms with Crippen LogP contribution in [0.4, 0.5) is 0 Å². The summed E-state index contributed by atoms with van der Waals surface area (Å²) in [5, 5.41) is 8.32. The molecule has 8 heteroatoms. The summed E-state index contributed by atoms with van der Waals surface area (Å²) >= 11 is 0. The third-order valence-corrected chi connectivity index (χ3v) is 6.80. The highest BCUT2D eigenvalue weighted by atomic mass is 32.3. The van der Waals surface area contributed by atoms with Gasteiger partial charge in [-0.1, -0.05) is 32.1 Å². The molecule has 0 amide bonds. The topological polar surface area (TPSA) is 104 Å². The number of nitrogens with one attached hydrogen (secondary N) is 1. The minimum Gasteiger partial charge on any atom is -0.228 e. The lowest BCUT2D eigenvalue weighted by molar-refractivity contribution is 0.358. The van der Waals surface area contributed by atoms with E-state index in [9.17, 15) is 22.1 Å². The number of nitrogens with zero attached hydrogens (tertiary/aromatic N) is 1. The van der Waals surface area contributed by atoms with Gasteiger partial charge in [-0.3, -0.25) is 0 Å². The molecule has 6 nitrogen and oxygen atoms in total. The van der Waals surface area contributed by atoms with Crippen LogP contribution in [0.2, 0.25) is 0 Å². The Morgan fingerprint density at radius 3 is 1.95 bits per heavy atom. The third kappa shape index (κ3) is 5.89. The first kappa shape index (κ1) is 16.4. The second-order valence-corrected chi connectivity index (χ2v) is 9.45. The molecule has 1 aliphatic carbocycles. The zero-order valence-electron chi connectivity index (χ0n) is 11.1. The average molecular weight is 308 g/mol. The molecule has 0 bridgehead atoms. The van der Waals surface area contributed by atoms with E-state index < -0.39 is 30.5 Å². The lowest BCUT2D eigenvalue weighted by Crippen LogP contribution is -2.49. The van der Waals surface area contributed by atoms with Crippen LogP contribution in [0.1, 0.15) is 44.9 Å². The van der Waals surface area contributed by atoms with Gasteiger partial charge in [-0.15, -0.1) is 0 Å². The van der Waals surface area contributed by atoms with Gasteiger partial charge in [0, 0.05) is 6.26 Å². The van der Waals surface area contributed by atoms with Crippen LogP contribution < -0.4 is 4.72 Å². The molecule has 1 aliphatic rings. The van der Waals surface area contributed by atoms with E-state index in [0.717, 1.165) is 38.4 Å². The summed E-state index contributed by atoms with van der Waals surface area (Å²) < 4.78 is 48.2. The molecular formula is C11H20N2O4S2. The fourth-order valence-electron chi connectivity index (χ4n) is 2.35. The maximum absolute atomic E-state index is 11.8. The maximum Gasteiger partial charge on any atom is 0.227 e. The number of nitriles is 1. The zero-order chi connectivity index (χ0) is 14.6. The van der Waals surface area contributed by atoms with Crippen molar-refractivity contribution >= 4 is 19.9 Å². The summed E-state index contributed by atoms with van der Waals surface area (Å²) in [7, 11) is -7.64. The maximum atomic E-state index is 11.8. The van der Waals surface area contributed by atoms with Gasteiger partial charge in [-0.25, -0.2) is 16.8 Å². The Labute approximate surface area is 115 Å². The predicted molar refractivity (Wildman–Crippen MR) is 72.4 cm³/mol. The Morgan fingerprint density at radius 1 is 1.05 bits per heavy atom. The van der Waals surface area contributed by atoms with Gasteiger partial charge in [0.15, 0.2) is 14.9 Å². The molecule has 1 fully saturated rings. The number of rotatable bonds is 4. The molecule has 0 spiro atoms. The molecule has 0 aliphatic heterocycles. The van der Waals surface area contributed by atoms with Crippen LogP contribution in [-0.2, 0) is 19.9 Å². The van der Waals surface area contributed by atoms with Crippen LogP contribution in [0.3, 0.4) is 0 Å². The van der Waals surface area contributed by atoms with Crippen molar-refractivity contribution in [1.29, 1.82) is 5.26 Å². The van der Waals surface area contributed by atoms with Crippen molar-refractivity contribution in [2.45, 2.75) is 50.5 Å². The van der Waals surface area contributed by atoms with Crippen molar-refractivity contribution in [3.05, 3.63) is 0 Å². The van der Waals surface area contributed by atoms with Gasteiger partial charge in [-0.2, -0.15) is 9.98 Å². The summed E-state index contributed by atoms with van der Waals surface area (Å²) in [6, 6.07) is 2.04. The van der Waals surface area contributed by atoms with E-state index >= 15 is 0 Å². The first-order valence-electron chi connectivity index (χ1n) is 6.29. The van der Waals surface area contributed by atoms with Crippen LogP contribution >= 0.6 is 0 Å². The van der Waals surface area contributed by atoms with Gasteiger partial charge in [-0.05, 0) is 12.8 Å². The van der Waals surface area contributed by atoms with Gasteiger partial charge < -0.3 is 0 Å². The lowest BCUT2D eigenvalue weighted by Gasteiger charge is -2.29. The van der Waals surface area contributed by atoms with Crippen molar-refractivity contribution in [3.63, 3.8) is 0 Å². The van der Waals surface area contributed by atoms with Crippen molar-refractivity contribution in [2.24, 2.45) is 0 Å². The molecule has 0 aromatic carbocycles. The van der Waals surface area contributed by atoms with E-state index in [4.69, 9.17) is 0 Å². The van der Waals surface area contributed by atoms with E-state index in [2.05, 4.69) is 4.72 Å². The molecule has 1 rings (SSSR count). The Hall–Kier alpha value is -0.650. The Morgan fingerprint density at radius 2 is 1.53 bits per heavy atom. The fraction of sp³-hybridized carbons (Fsp3) is 0.909. The number of sulfone groups is 1. The first-order valence-corrected chi connectivity index (χ1v) is 10.00. The van der Waals surface area contributed by atoms with Gasteiger partial charge in [0.25, 0.3) is 0 Å². The number of hydrogen-bond acceptors (Lipinski definition) is 5. The highest BCUT2D eigenvalue weighted by Crippen LogP contribution is 2.26. The summed E-state index contributed by atoms with van der Waals surface area (Å²) in [5.74, 6) is 0. The van der Waals surface area contributed by atoms with Crippen LogP contribution in [-0.4, -0.2) is 33.7 Å². The molecule has 0 unspecified atom stereocenters. The highest BCUT2D eigenvalue weighted by Gasteiger charge is 2.35. The van der Waals surface area contributed by atoms with E-state index in [1.165, 1.54) is 0 Å². The monoisotopic (exact) mass is 308 g/mol. The Kier molecular flexibility index (Phi) is 5.35. The molecule has 1 N–H and O–H groups in total. The second-order valence-electron chi connectivity index (χ2n) is 5.22. The van der Waals surface area contributed by atoms with Crippen molar-refractivity contribution in [3.8, 4) is 6.07 Å². The third-order valence-electron chi connectivity index (χ3n) is 3.14. The van der Waals surface area contributed by atoms with Gasteiger partial charge in [0.05, 0.1) is 6.07 Å². The van der Waals surface area contributed by atoms with Crippen LogP contribution in [0.5, 0.6) is 0 Å². The van der Waals surface area contributed by atoms with Crippen LogP contribution in [0, 0.1) is 11.3 Å². The van der Waals surface area contributed by atoms with Crippen molar-refractivity contribution in [1.82, 2.24) is 4.72 Å². The van der Waals surface area contributed by atoms with Crippen LogP contribution in [0.25, 0.3) is 0 Å². The minimum atomic E-state index is -4.00. The molecule has 1 saturated carbocycles. The molecule has 0 atom stereocenters. The van der Waals surface area contributed by atoms with Crippen LogP contribution in [0.15, 0.2) is 0 Å².